The molecular formula is C12H18N2O5S2. The number of rotatable bonds is 7. The number of hydrogen-bond donors (Lipinski definition) is 3. The third-order valence-corrected chi connectivity index (χ3v) is 4.45. The van der Waals surface area contributed by atoms with Crippen LogP contribution in [0.1, 0.15) is 24.9 Å². The van der Waals surface area contributed by atoms with Crippen LogP contribution in [-0.4, -0.2) is 43.6 Å². The summed E-state index contributed by atoms with van der Waals surface area (Å²) in [4.78, 5) is 22.8. The number of hydrogen-bond acceptors (Lipinski definition) is 5. The molecule has 0 fully saturated rings. The number of carbonyl (C=O) groups is 2. The number of nitrogens with one attached hydrogen (secondary N) is 2. The molecule has 0 saturated carbocycles. The van der Waals surface area contributed by atoms with E-state index in [-0.39, 0.29) is 18.2 Å². The van der Waals surface area contributed by atoms with Crippen molar-refractivity contribution in [2.45, 2.75) is 25.4 Å². The van der Waals surface area contributed by atoms with E-state index in [0.717, 1.165) is 11.8 Å². The Morgan fingerprint density at radius 1 is 1.38 bits per heavy atom. The minimum atomic E-state index is -3.28. The molecule has 2 unspecified atom stereocenters. The van der Waals surface area contributed by atoms with Crippen LogP contribution in [0, 0.1) is 0 Å². The lowest BCUT2D eigenvalue weighted by Gasteiger charge is -2.17. The lowest BCUT2D eigenvalue weighted by Crippen LogP contribution is -2.47. The zero-order valence-electron chi connectivity index (χ0n) is 11.7. The van der Waals surface area contributed by atoms with Gasteiger partial charge in [0.1, 0.15) is 15.9 Å². The minimum Gasteiger partial charge on any atom is -0.480 e. The van der Waals surface area contributed by atoms with E-state index in [1.54, 1.807) is 6.92 Å². The number of urea groups is 1. The van der Waals surface area contributed by atoms with Gasteiger partial charge in [0.05, 0.1) is 11.8 Å². The van der Waals surface area contributed by atoms with Gasteiger partial charge in [-0.3, -0.25) is 0 Å². The molecule has 0 radical (unpaired) electrons. The Balaban J connectivity index is 2.54. The van der Waals surface area contributed by atoms with Gasteiger partial charge in [-0.2, -0.15) is 11.3 Å². The second-order valence-corrected chi connectivity index (χ2v) is 7.75. The van der Waals surface area contributed by atoms with Gasteiger partial charge in [-0.1, -0.05) is 0 Å². The zero-order chi connectivity index (χ0) is 16.0. The molecule has 1 heterocycles. The number of aliphatic carboxylic acids is 1. The van der Waals surface area contributed by atoms with Gasteiger partial charge in [0, 0.05) is 6.26 Å². The summed E-state index contributed by atoms with van der Waals surface area (Å²) in [6, 6.07) is -0.293. The van der Waals surface area contributed by atoms with Gasteiger partial charge in [0.25, 0.3) is 0 Å². The van der Waals surface area contributed by atoms with Crippen molar-refractivity contribution in [3.8, 4) is 0 Å². The first-order valence-electron chi connectivity index (χ1n) is 6.18. The van der Waals surface area contributed by atoms with Crippen molar-refractivity contribution in [3.63, 3.8) is 0 Å². The van der Waals surface area contributed by atoms with Crippen molar-refractivity contribution in [2.75, 3.05) is 12.0 Å². The molecule has 3 N–H and O–H groups in total. The predicted molar refractivity (Wildman–Crippen MR) is 80.2 cm³/mol. The van der Waals surface area contributed by atoms with Crippen LogP contribution < -0.4 is 10.6 Å². The Labute approximate surface area is 127 Å². The van der Waals surface area contributed by atoms with E-state index in [4.69, 9.17) is 5.11 Å². The third kappa shape index (κ3) is 6.58. The normalized spacial score (nSPS) is 14.2. The summed E-state index contributed by atoms with van der Waals surface area (Å²) in [6.07, 6.45) is 0.846. The molecule has 2 amide bonds. The maximum absolute atomic E-state index is 11.8. The van der Waals surface area contributed by atoms with Gasteiger partial charge in [-0.15, -0.1) is 0 Å². The average molecular weight is 334 g/mol. The summed E-state index contributed by atoms with van der Waals surface area (Å²) in [5.74, 6) is -1.57. The first kappa shape index (κ1) is 17.4. The number of thiophene rings is 1. The monoisotopic (exact) mass is 334 g/mol. The Bertz CT molecular complexity index is 583. The Kier molecular flexibility index (Phi) is 6.16. The molecule has 1 aromatic rings. The topological polar surface area (TPSA) is 113 Å². The summed E-state index contributed by atoms with van der Waals surface area (Å²) in [6.45, 7) is 1.77. The fourth-order valence-corrected chi connectivity index (χ4v) is 3.01. The number of sulfone groups is 1. The van der Waals surface area contributed by atoms with Crippen LogP contribution in [0.2, 0.25) is 0 Å². The fraction of sp³-hybridized carbons (Fsp3) is 0.500. The molecule has 0 saturated heterocycles. The van der Waals surface area contributed by atoms with Crippen molar-refractivity contribution in [1.29, 1.82) is 0 Å². The Morgan fingerprint density at radius 2 is 2.05 bits per heavy atom. The lowest BCUT2D eigenvalue weighted by molar-refractivity contribution is -0.139. The van der Waals surface area contributed by atoms with E-state index in [0.29, 0.717) is 0 Å². The number of amides is 2. The molecule has 0 aliphatic carbocycles. The maximum Gasteiger partial charge on any atom is 0.326 e. The summed E-state index contributed by atoms with van der Waals surface area (Å²) >= 11 is 1.49. The second kappa shape index (κ2) is 7.41. The molecule has 0 aromatic carbocycles. The van der Waals surface area contributed by atoms with Crippen molar-refractivity contribution in [3.05, 3.63) is 22.4 Å². The van der Waals surface area contributed by atoms with Gasteiger partial charge in [0.2, 0.25) is 0 Å². The molecule has 118 valence electrons. The quantitative estimate of drug-likeness (QED) is 0.688. The third-order valence-electron chi connectivity index (χ3n) is 2.77. The summed E-state index contributed by atoms with van der Waals surface area (Å²) in [7, 11) is -3.28. The van der Waals surface area contributed by atoms with Crippen LogP contribution in [0.3, 0.4) is 0 Å². The first-order valence-corrected chi connectivity index (χ1v) is 9.19. The molecule has 0 bridgehead atoms. The molecule has 21 heavy (non-hydrogen) atoms. The van der Waals surface area contributed by atoms with E-state index in [9.17, 15) is 18.0 Å². The number of carboxylic acid groups (broad SMARTS) is 1. The minimum absolute atomic E-state index is 0.172. The van der Waals surface area contributed by atoms with Crippen molar-refractivity contribution < 1.29 is 23.1 Å². The smallest absolute Gasteiger partial charge is 0.326 e. The van der Waals surface area contributed by atoms with Gasteiger partial charge in [-0.25, -0.2) is 18.0 Å². The largest absolute Gasteiger partial charge is 0.480 e. The molecule has 0 aliphatic rings. The first-order chi connectivity index (χ1) is 9.69. The average Bonchev–Trinajstić information content (AvgIpc) is 2.86. The van der Waals surface area contributed by atoms with Crippen molar-refractivity contribution >= 4 is 33.2 Å². The maximum atomic E-state index is 11.8. The van der Waals surface area contributed by atoms with Gasteiger partial charge >= 0.3 is 12.0 Å². The van der Waals surface area contributed by atoms with E-state index in [1.807, 2.05) is 16.8 Å². The zero-order valence-corrected chi connectivity index (χ0v) is 13.3. The van der Waals surface area contributed by atoms with Crippen LogP contribution in [0.25, 0.3) is 0 Å². The highest BCUT2D eigenvalue weighted by atomic mass is 32.2. The summed E-state index contributed by atoms with van der Waals surface area (Å²) in [5.41, 5.74) is 0.915. The standard InChI is InChI=1S/C12H18N2O5S2/c1-8(9-3-5-20-7-9)13-12(17)14-10(11(15)16)4-6-21(2,18)19/h3,5,7-8,10H,4,6H2,1-2H3,(H,15,16)(H2,13,14,17). The summed E-state index contributed by atoms with van der Waals surface area (Å²) in [5, 5.41) is 17.6. The highest BCUT2D eigenvalue weighted by Crippen LogP contribution is 2.15. The molecule has 1 aromatic heterocycles. The van der Waals surface area contributed by atoms with E-state index in [1.165, 1.54) is 11.3 Å². The van der Waals surface area contributed by atoms with Gasteiger partial charge in [-0.05, 0) is 35.7 Å². The second-order valence-electron chi connectivity index (χ2n) is 4.71. The predicted octanol–water partition coefficient (Wildman–Crippen LogP) is 0.996. The molecule has 7 nitrogen and oxygen atoms in total. The van der Waals surface area contributed by atoms with Gasteiger partial charge < -0.3 is 15.7 Å². The van der Waals surface area contributed by atoms with E-state index >= 15 is 0 Å². The fourth-order valence-electron chi connectivity index (χ4n) is 1.59. The van der Waals surface area contributed by atoms with E-state index in [2.05, 4.69) is 10.6 Å². The van der Waals surface area contributed by atoms with Crippen molar-refractivity contribution in [1.82, 2.24) is 10.6 Å². The van der Waals surface area contributed by atoms with Crippen LogP contribution in [0.15, 0.2) is 16.8 Å². The van der Waals surface area contributed by atoms with Crippen LogP contribution >= 0.6 is 11.3 Å². The van der Waals surface area contributed by atoms with Crippen LogP contribution in [-0.2, 0) is 14.6 Å². The lowest BCUT2D eigenvalue weighted by atomic mass is 10.2. The molecule has 9 heteroatoms. The van der Waals surface area contributed by atoms with Crippen molar-refractivity contribution in [2.24, 2.45) is 0 Å². The van der Waals surface area contributed by atoms with Gasteiger partial charge in [0.15, 0.2) is 0 Å². The molecule has 0 spiro atoms. The number of carbonyl (C=O) groups excluding carboxylic acids is 1. The molecule has 2 atom stereocenters. The SMILES string of the molecule is CC(NC(=O)NC(CCS(C)(=O)=O)C(=O)O)c1ccsc1. The van der Waals surface area contributed by atoms with Crippen LogP contribution in [0.5, 0.6) is 0 Å². The molecular weight excluding hydrogens is 316 g/mol. The highest BCUT2D eigenvalue weighted by Gasteiger charge is 2.22. The summed E-state index contributed by atoms with van der Waals surface area (Å²) < 4.78 is 22.1. The highest BCUT2D eigenvalue weighted by molar-refractivity contribution is 7.90. The van der Waals surface area contributed by atoms with E-state index < -0.39 is 27.9 Å². The molecule has 1 rings (SSSR count). The van der Waals surface area contributed by atoms with Crippen LogP contribution in [0.4, 0.5) is 4.79 Å². The Hall–Kier alpha value is -1.61. The Morgan fingerprint density at radius 3 is 2.52 bits per heavy atom. The number of carboxylic acids is 1. The molecule has 0 aliphatic heterocycles.